The molecule has 2 amide bonds. The van der Waals surface area contributed by atoms with Gasteiger partial charge in [0.1, 0.15) is 0 Å². The van der Waals surface area contributed by atoms with Crippen LogP contribution in [0.3, 0.4) is 0 Å². The molecule has 0 spiro atoms. The maximum Gasteiger partial charge on any atom is 0.254 e. The third-order valence-electron chi connectivity index (χ3n) is 3.87. The molecule has 1 N–H and O–H groups in total. The van der Waals surface area contributed by atoms with Crippen LogP contribution >= 0.6 is 0 Å². The Morgan fingerprint density at radius 2 is 1.91 bits per heavy atom. The lowest BCUT2D eigenvalue weighted by atomic mass is 10.1. The summed E-state index contributed by atoms with van der Waals surface area (Å²) >= 11 is 0. The molecule has 3 rings (SSSR count). The Labute approximate surface area is 128 Å². The number of carbonyl (C=O) groups is 2. The highest BCUT2D eigenvalue weighted by atomic mass is 16.2. The predicted molar refractivity (Wildman–Crippen MR) is 82.5 cm³/mol. The fourth-order valence-electron chi connectivity index (χ4n) is 2.53. The maximum atomic E-state index is 12.6. The lowest BCUT2D eigenvalue weighted by molar-refractivity contribution is -0.121. The molecular weight excluding hydrogens is 280 g/mol. The van der Waals surface area contributed by atoms with Crippen molar-refractivity contribution in [2.24, 2.45) is 0 Å². The van der Waals surface area contributed by atoms with E-state index in [2.05, 4.69) is 15.3 Å². The SMILES string of the molecule is Cc1nc2ccc(C(=O)N3CCCNC(=O)C3)cc2nc1C. The fourth-order valence-corrected chi connectivity index (χ4v) is 2.53. The van der Waals surface area contributed by atoms with Crippen LogP contribution in [0.5, 0.6) is 0 Å². The summed E-state index contributed by atoms with van der Waals surface area (Å²) in [5.74, 6) is -0.253. The van der Waals surface area contributed by atoms with Gasteiger partial charge < -0.3 is 10.2 Å². The largest absolute Gasteiger partial charge is 0.354 e. The van der Waals surface area contributed by atoms with Crippen molar-refractivity contribution in [3.05, 3.63) is 35.2 Å². The summed E-state index contributed by atoms with van der Waals surface area (Å²) in [4.78, 5) is 34.7. The summed E-state index contributed by atoms with van der Waals surface area (Å²) in [7, 11) is 0. The Morgan fingerprint density at radius 1 is 1.18 bits per heavy atom. The molecule has 0 saturated carbocycles. The van der Waals surface area contributed by atoms with Crippen LogP contribution in [0.25, 0.3) is 11.0 Å². The average molecular weight is 298 g/mol. The number of nitrogens with one attached hydrogen (secondary N) is 1. The first kappa shape index (κ1) is 14.4. The summed E-state index contributed by atoms with van der Waals surface area (Å²) < 4.78 is 0. The van der Waals surface area contributed by atoms with Crippen molar-refractivity contribution in [3.8, 4) is 0 Å². The van der Waals surface area contributed by atoms with Crippen LogP contribution in [0.4, 0.5) is 0 Å². The third kappa shape index (κ3) is 2.77. The standard InChI is InChI=1S/C16H18N4O2/c1-10-11(2)19-14-8-12(4-5-13(14)18-10)16(22)20-7-3-6-17-15(21)9-20/h4-5,8H,3,6-7,9H2,1-2H3,(H,17,21). The summed E-state index contributed by atoms with van der Waals surface area (Å²) in [5.41, 5.74) is 3.75. The van der Waals surface area contributed by atoms with Crippen molar-refractivity contribution in [3.63, 3.8) is 0 Å². The number of rotatable bonds is 1. The van der Waals surface area contributed by atoms with Gasteiger partial charge in [-0.05, 0) is 38.5 Å². The fraction of sp³-hybridized carbons (Fsp3) is 0.375. The predicted octanol–water partition coefficient (Wildman–Crippen LogP) is 1.21. The molecule has 1 aliphatic heterocycles. The lowest BCUT2D eigenvalue weighted by Crippen LogP contribution is -2.37. The minimum Gasteiger partial charge on any atom is -0.354 e. The molecule has 0 radical (unpaired) electrons. The van der Waals surface area contributed by atoms with Crippen LogP contribution in [0.1, 0.15) is 28.2 Å². The number of fused-ring (bicyclic) bond motifs is 1. The van der Waals surface area contributed by atoms with Gasteiger partial charge in [0.2, 0.25) is 5.91 Å². The van der Waals surface area contributed by atoms with E-state index in [0.29, 0.717) is 24.2 Å². The first-order chi connectivity index (χ1) is 10.5. The lowest BCUT2D eigenvalue weighted by Gasteiger charge is -2.19. The number of aryl methyl sites for hydroxylation is 2. The van der Waals surface area contributed by atoms with Gasteiger partial charge in [-0.1, -0.05) is 0 Å². The number of nitrogens with zero attached hydrogens (tertiary/aromatic N) is 3. The van der Waals surface area contributed by atoms with Gasteiger partial charge in [0.15, 0.2) is 0 Å². The molecule has 2 heterocycles. The zero-order chi connectivity index (χ0) is 15.7. The second kappa shape index (κ2) is 5.71. The van der Waals surface area contributed by atoms with Crippen LogP contribution < -0.4 is 5.32 Å². The molecule has 1 fully saturated rings. The monoisotopic (exact) mass is 298 g/mol. The van der Waals surface area contributed by atoms with E-state index in [-0.39, 0.29) is 18.4 Å². The van der Waals surface area contributed by atoms with E-state index in [1.54, 1.807) is 23.1 Å². The van der Waals surface area contributed by atoms with E-state index in [1.165, 1.54) is 0 Å². The molecule has 0 aliphatic carbocycles. The minimum absolute atomic E-state index is 0.107. The highest BCUT2D eigenvalue weighted by molar-refractivity contribution is 5.99. The van der Waals surface area contributed by atoms with Crippen LogP contribution in [0, 0.1) is 13.8 Å². The first-order valence-corrected chi connectivity index (χ1v) is 7.35. The Hall–Kier alpha value is -2.50. The average Bonchev–Trinajstić information content (AvgIpc) is 2.72. The van der Waals surface area contributed by atoms with Gasteiger partial charge in [0.25, 0.3) is 5.91 Å². The summed E-state index contributed by atoms with van der Waals surface area (Å²) in [6.45, 7) is 5.11. The zero-order valence-corrected chi connectivity index (χ0v) is 12.7. The third-order valence-corrected chi connectivity index (χ3v) is 3.87. The molecule has 0 bridgehead atoms. The van der Waals surface area contributed by atoms with Gasteiger partial charge in [-0.2, -0.15) is 0 Å². The summed E-state index contributed by atoms with van der Waals surface area (Å²) in [6, 6.07) is 5.30. The van der Waals surface area contributed by atoms with Crippen LogP contribution in [0.2, 0.25) is 0 Å². The van der Waals surface area contributed by atoms with E-state index in [4.69, 9.17) is 0 Å². The van der Waals surface area contributed by atoms with Gasteiger partial charge in [-0.25, -0.2) is 9.97 Å². The number of hydrogen-bond acceptors (Lipinski definition) is 4. The topological polar surface area (TPSA) is 75.2 Å². The molecule has 1 aliphatic rings. The molecular formula is C16H18N4O2. The van der Waals surface area contributed by atoms with E-state index < -0.39 is 0 Å². The normalized spacial score (nSPS) is 15.5. The Morgan fingerprint density at radius 3 is 2.68 bits per heavy atom. The molecule has 22 heavy (non-hydrogen) atoms. The molecule has 2 aromatic rings. The van der Waals surface area contributed by atoms with Gasteiger partial charge in [0.05, 0.1) is 29.0 Å². The summed E-state index contributed by atoms with van der Waals surface area (Å²) in [5, 5.41) is 2.77. The van der Waals surface area contributed by atoms with Crippen molar-refractivity contribution >= 4 is 22.8 Å². The molecule has 0 unspecified atom stereocenters. The zero-order valence-electron chi connectivity index (χ0n) is 12.7. The van der Waals surface area contributed by atoms with Crippen molar-refractivity contribution < 1.29 is 9.59 Å². The Bertz CT molecular complexity index is 757. The Kier molecular flexibility index (Phi) is 3.75. The van der Waals surface area contributed by atoms with Crippen LogP contribution in [-0.4, -0.2) is 46.3 Å². The van der Waals surface area contributed by atoms with Crippen LogP contribution in [0.15, 0.2) is 18.2 Å². The number of amides is 2. The smallest absolute Gasteiger partial charge is 0.254 e. The summed E-state index contributed by atoms with van der Waals surface area (Å²) in [6.07, 6.45) is 0.767. The molecule has 114 valence electrons. The van der Waals surface area contributed by atoms with Crippen molar-refractivity contribution in [1.29, 1.82) is 0 Å². The van der Waals surface area contributed by atoms with Gasteiger partial charge in [0, 0.05) is 18.7 Å². The van der Waals surface area contributed by atoms with Crippen molar-refractivity contribution in [2.75, 3.05) is 19.6 Å². The highest BCUT2D eigenvalue weighted by Gasteiger charge is 2.21. The highest BCUT2D eigenvalue weighted by Crippen LogP contribution is 2.16. The number of benzene rings is 1. The van der Waals surface area contributed by atoms with Crippen molar-refractivity contribution in [1.82, 2.24) is 20.2 Å². The minimum atomic E-state index is -0.140. The second-order valence-corrected chi connectivity index (χ2v) is 5.53. The maximum absolute atomic E-state index is 12.6. The van der Waals surface area contributed by atoms with Crippen LogP contribution in [-0.2, 0) is 4.79 Å². The van der Waals surface area contributed by atoms with E-state index in [0.717, 1.165) is 23.3 Å². The molecule has 6 heteroatoms. The van der Waals surface area contributed by atoms with Gasteiger partial charge in [-0.3, -0.25) is 9.59 Å². The molecule has 0 atom stereocenters. The van der Waals surface area contributed by atoms with Crippen molar-refractivity contribution in [2.45, 2.75) is 20.3 Å². The van der Waals surface area contributed by atoms with E-state index >= 15 is 0 Å². The van der Waals surface area contributed by atoms with E-state index in [1.807, 2.05) is 13.8 Å². The van der Waals surface area contributed by atoms with E-state index in [9.17, 15) is 9.59 Å². The number of carbonyl (C=O) groups excluding carboxylic acids is 2. The van der Waals surface area contributed by atoms with Gasteiger partial charge >= 0.3 is 0 Å². The molecule has 6 nitrogen and oxygen atoms in total. The first-order valence-electron chi connectivity index (χ1n) is 7.35. The molecule has 1 aromatic heterocycles. The second-order valence-electron chi connectivity index (χ2n) is 5.53. The molecule has 1 saturated heterocycles. The molecule has 1 aromatic carbocycles. The Balaban J connectivity index is 1.93. The number of hydrogen-bond donors (Lipinski definition) is 1. The quantitative estimate of drug-likeness (QED) is 0.858. The van der Waals surface area contributed by atoms with Gasteiger partial charge in [-0.15, -0.1) is 0 Å². The number of aromatic nitrogens is 2.